The number of carbonyl (C=O) groups excluding carboxylic acids is 1. The molecule has 1 aliphatic rings. The van der Waals surface area contributed by atoms with Crippen molar-refractivity contribution in [2.45, 2.75) is 47.2 Å². The van der Waals surface area contributed by atoms with Gasteiger partial charge in [-0.25, -0.2) is 5.48 Å². The second-order valence-corrected chi connectivity index (χ2v) is 3.97. The molecule has 0 aliphatic carbocycles. The molecule has 0 fully saturated rings. The van der Waals surface area contributed by atoms with E-state index >= 15 is 0 Å². The Morgan fingerprint density at radius 3 is 2.55 bits per heavy atom. The topological polar surface area (TPSA) is 59.4 Å². The maximum atomic E-state index is 11.5. The minimum atomic E-state index is -0.300. The van der Waals surface area contributed by atoms with E-state index < -0.39 is 0 Å². The molecule has 0 saturated heterocycles. The van der Waals surface area contributed by atoms with Gasteiger partial charge in [-0.05, 0) is 19.5 Å². The zero-order valence-corrected chi connectivity index (χ0v) is 13.6. The van der Waals surface area contributed by atoms with E-state index in [9.17, 15) is 4.79 Å². The number of amides is 1. The first-order valence-electron chi connectivity index (χ1n) is 7.29. The lowest BCUT2D eigenvalue weighted by Gasteiger charge is -2.10. The van der Waals surface area contributed by atoms with E-state index in [1.165, 1.54) is 7.11 Å². The van der Waals surface area contributed by atoms with Crippen LogP contribution in [-0.2, 0) is 17.9 Å². The maximum absolute atomic E-state index is 11.5. The van der Waals surface area contributed by atoms with Crippen molar-refractivity contribution < 1.29 is 9.63 Å². The van der Waals surface area contributed by atoms with Crippen LogP contribution in [0.2, 0.25) is 0 Å². The normalized spacial score (nSPS) is 13.9. The number of hydrogen-bond donors (Lipinski definition) is 1. The third-order valence-electron chi connectivity index (χ3n) is 2.63. The first-order valence-corrected chi connectivity index (χ1v) is 7.29. The van der Waals surface area contributed by atoms with Crippen molar-refractivity contribution >= 4 is 5.91 Å². The molecule has 0 saturated carbocycles. The molecule has 2 rings (SSSR count). The van der Waals surface area contributed by atoms with Crippen molar-refractivity contribution in [3.8, 4) is 0 Å². The molecule has 116 valence electrons. The molecule has 6 nitrogen and oxygen atoms in total. The van der Waals surface area contributed by atoms with Gasteiger partial charge in [0.1, 0.15) is 0 Å². The Labute approximate surface area is 122 Å². The summed E-state index contributed by atoms with van der Waals surface area (Å²) in [7, 11) is 3.48. The lowest BCUT2D eigenvalue weighted by molar-refractivity contribution is 0.0531. The van der Waals surface area contributed by atoms with E-state index in [2.05, 4.69) is 27.4 Å². The molecule has 0 aromatic carbocycles. The molecule has 1 aromatic rings. The van der Waals surface area contributed by atoms with Gasteiger partial charge in [0, 0.05) is 19.6 Å². The van der Waals surface area contributed by atoms with Crippen LogP contribution in [0.15, 0.2) is 6.07 Å². The van der Waals surface area contributed by atoms with Crippen molar-refractivity contribution in [1.29, 1.82) is 0 Å². The minimum Gasteiger partial charge on any atom is -0.300 e. The second kappa shape index (κ2) is 10.4. The van der Waals surface area contributed by atoms with Crippen LogP contribution in [0.1, 0.15) is 50.3 Å². The highest BCUT2D eigenvalue weighted by Gasteiger charge is 2.17. The van der Waals surface area contributed by atoms with Crippen LogP contribution in [0.25, 0.3) is 0 Å². The Morgan fingerprint density at radius 2 is 1.95 bits per heavy atom. The van der Waals surface area contributed by atoms with Gasteiger partial charge < -0.3 is 4.90 Å². The number of nitrogens with zero attached hydrogens (tertiary/aromatic N) is 3. The first kappa shape index (κ1) is 18.6. The fraction of sp³-hybridized carbons (Fsp3) is 0.714. The van der Waals surface area contributed by atoms with Gasteiger partial charge in [-0.3, -0.25) is 14.3 Å². The van der Waals surface area contributed by atoms with E-state index in [1.807, 2.05) is 38.4 Å². The molecule has 0 spiro atoms. The molecular weight excluding hydrogens is 256 g/mol. The number of hydroxylamine groups is 1. The number of nitrogens with one attached hydrogen (secondary N) is 1. The number of hydrogen-bond acceptors (Lipinski definition) is 4. The monoisotopic (exact) mass is 284 g/mol. The Balaban J connectivity index is 0.000000829. The largest absolute Gasteiger partial charge is 0.300 e. The highest BCUT2D eigenvalue weighted by molar-refractivity contribution is 5.91. The summed E-state index contributed by atoms with van der Waals surface area (Å²) in [5, 5.41) is 4.26. The van der Waals surface area contributed by atoms with Crippen molar-refractivity contribution in [2.24, 2.45) is 0 Å². The number of carbonyl (C=O) groups is 1. The Hall–Kier alpha value is -1.40. The van der Waals surface area contributed by atoms with Crippen molar-refractivity contribution in [3.63, 3.8) is 0 Å². The summed E-state index contributed by atoms with van der Waals surface area (Å²) in [6.45, 7) is 10.7. The van der Waals surface area contributed by atoms with E-state index in [-0.39, 0.29) is 5.91 Å². The zero-order chi connectivity index (χ0) is 15.5. The van der Waals surface area contributed by atoms with Gasteiger partial charge in [0.15, 0.2) is 5.69 Å². The summed E-state index contributed by atoms with van der Waals surface area (Å²) < 4.78 is 1.90. The summed E-state index contributed by atoms with van der Waals surface area (Å²) in [6.07, 6.45) is 1.05. The lowest BCUT2D eigenvalue weighted by Crippen LogP contribution is -2.22. The molecule has 0 unspecified atom stereocenters. The minimum absolute atomic E-state index is 0.300. The Kier molecular flexibility index (Phi) is 9.67. The van der Waals surface area contributed by atoms with Crippen LogP contribution >= 0.6 is 0 Å². The molecule has 0 radical (unpaired) electrons. The highest BCUT2D eigenvalue weighted by Crippen LogP contribution is 2.12. The average molecular weight is 284 g/mol. The maximum Gasteiger partial charge on any atom is 0.295 e. The van der Waals surface area contributed by atoms with Gasteiger partial charge in [-0.15, -0.1) is 0 Å². The number of aryl methyl sites for hydroxylation is 1. The van der Waals surface area contributed by atoms with Crippen LogP contribution in [0, 0.1) is 0 Å². The van der Waals surface area contributed by atoms with Crippen LogP contribution < -0.4 is 5.48 Å². The standard InChI is InChI=1S/C10H16N4O2.2C2H6/c1-13-4-3-5-14-8(7-13)6-9(11-14)10(15)12-16-2;2*1-2/h6H,3-5,7H2,1-2H3,(H,12,15);2*1-2H3. The van der Waals surface area contributed by atoms with Crippen LogP contribution in [0.4, 0.5) is 0 Å². The smallest absolute Gasteiger partial charge is 0.295 e. The summed E-state index contributed by atoms with van der Waals surface area (Å²) in [5.41, 5.74) is 3.75. The molecule has 1 aliphatic heterocycles. The summed E-state index contributed by atoms with van der Waals surface area (Å²) in [5.74, 6) is -0.300. The van der Waals surface area contributed by atoms with E-state index in [0.717, 1.165) is 31.7 Å². The average Bonchev–Trinajstić information content (AvgIpc) is 2.78. The highest BCUT2D eigenvalue weighted by atomic mass is 16.6. The third-order valence-corrected chi connectivity index (χ3v) is 2.63. The van der Waals surface area contributed by atoms with Crippen molar-refractivity contribution in [2.75, 3.05) is 20.7 Å². The van der Waals surface area contributed by atoms with Gasteiger partial charge >= 0.3 is 0 Å². The summed E-state index contributed by atoms with van der Waals surface area (Å²) in [6, 6.07) is 1.82. The lowest BCUT2D eigenvalue weighted by atomic mass is 10.3. The second-order valence-electron chi connectivity index (χ2n) is 3.97. The molecule has 6 heteroatoms. The Bertz CT molecular complexity index is 391. The SMILES string of the molecule is CC.CC.CONC(=O)c1cc2n(n1)CCCN(C)C2. The number of rotatable bonds is 2. The first-order chi connectivity index (χ1) is 9.70. The van der Waals surface area contributed by atoms with Gasteiger partial charge in [0.2, 0.25) is 0 Å². The molecule has 1 amide bonds. The van der Waals surface area contributed by atoms with Gasteiger partial charge in [0.25, 0.3) is 5.91 Å². The molecule has 0 atom stereocenters. The molecule has 20 heavy (non-hydrogen) atoms. The molecule has 1 N–H and O–H groups in total. The zero-order valence-electron chi connectivity index (χ0n) is 13.6. The van der Waals surface area contributed by atoms with Gasteiger partial charge in [-0.2, -0.15) is 5.10 Å². The number of aromatic nitrogens is 2. The summed E-state index contributed by atoms with van der Waals surface area (Å²) in [4.78, 5) is 18.3. The van der Waals surface area contributed by atoms with Crippen LogP contribution in [0.3, 0.4) is 0 Å². The fourth-order valence-corrected chi connectivity index (χ4v) is 1.88. The van der Waals surface area contributed by atoms with Crippen LogP contribution in [0.5, 0.6) is 0 Å². The van der Waals surface area contributed by atoms with E-state index in [4.69, 9.17) is 0 Å². The fourth-order valence-electron chi connectivity index (χ4n) is 1.88. The van der Waals surface area contributed by atoms with E-state index in [0.29, 0.717) is 5.69 Å². The van der Waals surface area contributed by atoms with Gasteiger partial charge in [-0.1, -0.05) is 27.7 Å². The molecule has 1 aromatic heterocycles. The Morgan fingerprint density at radius 1 is 1.30 bits per heavy atom. The summed E-state index contributed by atoms with van der Waals surface area (Å²) >= 11 is 0. The van der Waals surface area contributed by atoms with Gasteiger partial charge in [0.05, 0.1) is 12.8 Å². The molecular formula is C14H28N4O2. The predicted molar refractivity (Wildman–Crippen MR) is 80.3 cm³/mol. The van der Waals surface area contributed by atoms with Crippen molar-refractivity contribution in [3.05, 3.63) is 17.5 Å². The predicted octanol–water partition coefficient (Wildman–Crippen LogP) is 2.06. The molecule has 2 heterocycles. The van der Waals surface area contributed by atoms with E-state index in [1.54, 1.807) is 0 Å². The third kappa shape index (κ3) is 5.30. The quantitative estimate of drug-likeness (QED) is 0.845. The van der Waals surface area contributed by atoms with Crippen molar-refractivity contribution in [1.82, 2.24) is 20.2 Å². The number of fused-ring (bicyclic) bond motifs is 1. The molecule has 0 bridgehead atoms. The van der Waals surface area contributed by atoms with Crippen LogP contribution in [-0.4, -0.2) is 41.3 Å².